The molecule has 0 radical (unpaired) electrons. The van der Waals surface area contributed by atoms with Gasteiger partial charge in [0.05, 0.1) is 6.61 Å². The third-order valence-electron chi connectivity index (χ3n) is 4.61. The molecule has 132 valence electrons. The number of benzene rings is 1. The van der Waals surface area contributed by atoms with Gasteiger partial charge in [0.1, 0.15) is 0 Å². The Bertz CT molecular complexity index is 707. The Hall–Kier alpha value is -2.24. The number of carbonyl (C=O) groups excluding carboxylic acids is 1. The highest BCUT2D eigenvalue weighted by molar-refractivity contribution is 5.94. The average molecular weight is 339 g/mol. The number of piperazine rings is 1. The summed E-state index contributed by atoms with van der Waals surface area (Å²) in [5.41, 5.74) is 4.03. The van der Waals surface area contributed by atoms with Crippen LogP contribution in [0.4, 0.5) is 0 Å². The Labute approximate surface area is 149 Å². The van der Waals surface area contributed by atoms with Crippen LogP contribution in [0.25, 0.3) is 11.1 Å². The maximum Gasteiger partial charge on any atom is 0.253 e. The van der Waals surface area contributed by atoms with E-state index in [2.05, 4.69) is 16.0 Å². The van der Waals surface area contributed by atoms with Crippen molar-refractivity contribution in [1.82, 2.24) is 14.8 Å². The van der Waals surface area contributed by atoms with E-state index in [0.717, 1.165) is 61.6 Å². The number of aromatic nitrogens is 1. The second-order valence-electron chi connectivity index (χ2n) is 6.45. The normalized spacial score (nSPS) is 15.4. The standard InChI is InChI=1S/C20H25N3O2/c1-16-13-19(15-21-14-16)17-3-5-18(6-4-17)20(24)23-9-7-22(8-10-23)11-12-25-2/h3-6,13-15H,7-12H2,1-2H3. The van der Waals surface area contributed by atoms with Gasteiger partial charge >= 0.3 is 0 Å². The van der Waals surface area contributed by atoms with E-state index in [9.17, 15) is 4.79 Å². The number of methoxy groups -OCH3 is 1. The number of nitrogens with zero attached hydrogens (tertiary/aromatic N) is 3. The molecule has 1 aliphatic rings. The van der Waals surface area contributed by atoms with E-state index in [1.54, 1.807) is 7.11 Å². The summed E-state index contributed by atoms with van der Waals surface area (Å²) in [5.74, 6) is 0.111. The number of hydrogen-bond donors (Lipinski definition) is 0. The van der Waals surface area contributed by atoms with Crippen molar-refractivity contribution in [2.24, 2.45) is 0 Å². The molecule has 2 aromatic rings. The van der Waals surface area contributed by atoms with E-state index in [0.29, 0.717) is 0 Å². The summed E-state index contributed by atoms with van der Waals surface area (Å²) in [6, 6.07) is 9.93. The molecule has 1 amide bonds. The first-order valence-electron chi connectivity index (χ1n) is 8.70. The summed E-state index contributed by atoms with van der Waals surface area (Å²) in [7, 11) is 1.72. The van der Waals surface area contributed by atoms with Crippen LogP contribution in [0.2, 0.25) is 0 Å². The highest BCUT2D eigenvalue weighted by Gasteiger charge is 2.21. The minimum absolute atomic E-state index is 0.111. The van der Waals surface area contributed by atoms with Crippen LogP contribution in [0.5, 0.6) is 0 Å². The van der Waals surface area contributed by atoms with Crippen molar-refractivity contribution in [1.29, 1.82) is 0 Å². The van der Waals surface area contributed by atoms with Gasteiger partial charge in [0.25, 0.3) is 5.91 Å². The molecule has 1 fully saturated rings. The van der Waals surface area contributed by atoms with Gasteiger partial charge in [0.15, 0.2) is 0 Å². The summed E-state index contributed by atoms with van der Waals surface area (Å²) in [6.07, 6.45) is 3.69. The molecule has 0 atom stereocenters. The zero-order valence-corrected chi connectivity index (χ0v) is 14.9. The van der Waals surface area contributed by atoms with Crippen molar-refractivity contribution in [2.75, 3.05) is 46.4 Å². The maximum absolute atomic E-state index is 12.7. The van der Waals surface area contributed by atoms with Crippen LogP contribution in [0.15, 0.2) is 42.7 Å². The number of ether oxygens (including phenoxy) is 1. The lowest BCUT2D eigenvalue weighted by molar-refractivity contribution is 0.0594. The molecule has 25 heavy (non-hydrogen) atoms. The number of carbonyl (C=O) groups is 1. The van der Waals surface area contributed by atoms with Gasteiger partial charge < -0.3 is 9.64 Å². The Balaban J connectivity index is 1.62. The molecule has 1 aromatic carbocycles. The van der Waals surface area contributed by atoms with Gasteiger partial charge in [-0.2, -0.15) is 0 Å². The third kappa shape index (κ3) is 4.44. The monoisotopic (exact) mass is 339 g/mol. The Morgan fingerprint density at radius 2 is 1.80 bits per heavy atom. The predicted octanol–water partition coefficient (Wildman–Crippen LogP) is 2.46. The van der Waals surface area contributed by atoms with E-state index in [1.807, 2.05) is 48.5 Å². The molecule has 1 saturated heterocycles. The first kappa shape index (κ1) is 17.6. The summed E-state index contributed by atoms with van der Waals surface area (Å²) in [6.45, 7) is 7.05. The zero-order valence-electron chi connectivity index (χ0n) is 14.9. The van der Waals surface area contributed by atoms with Gasteiger partial charge in [-0.3, -0.25) is 14.7 Å². The van der Waals surface area contributed by atoms with Crippen LogP contribution in [-0.2, 0) is 4.74 Å². The summed E-state index contributed by atoms with van der Waals surface area (Å²) in [5, 5.41) is 0. The fourth-order valence-corrected chi connectivity index (χ4v) is 3.10. The molecule has 0 unspecified atom stereocenters. The predicted molar refractivity (Wildman–Crippen MR) is 98.6 cm³/mol. The van der Waals surface area contributed by atoms with Crippen molar-refractivity contribution < 1.29 is 9.53 Å². The molecule has 3 rings (SSSR count). The fourth-order valence-electron chi connectivity index (χ4n) is 3.10. The Morgan fingerprint density at radius 3 is 2.44 bits per heavy atom. The van der Waals surface area contributed by atoms with E-state index >= 15 is 0 Å². The van der Waals surface area contributed by atoms with Gasteiger partial charge in [-0.1, -0.05) is 12.1 Å². The first-order valence-corrected chi connectivity index (χ1v) is 8.70. The van der Waals surface area contributed by atoms with Crippen molar-refractivity contribution in [3.8, 4) is 11.1 Å². The van der Waals surface area contributed by atoms with Gasteiger partial charge in [-0.15, -0.1) is 0 Å². The summed E-state index contributed by atoms with van der Waals surface area (Å²) in [4.78, 5) is 21.2. The fraction of sp³-hybridized carbons (Fsp3) is 0.400. The molecule has 5 nitrogen and oxygen atoms in total. The smallest absolute Gasteiger partial charge is 0.253 e. The minimum Gasteiger partial charge on any atom is -0.383 e. The second kappa shape index (κ2) is 8.23. The molecule has 5 heteroatoms. The Kier molecular flexibility index (Phi) is 5.79. The van der Waals surface area contributed by atoms with Crippen LogP contribution >= 0.6 is 0 Å². The maximum atomic E-state index is 12.7. The van der Waals surface area contributed by atoms with Crippen molar-refractivity contribution in [3.05, 3.63) is 53.9 Å². The largest absolute Gasteiger partial charge is 0.383 e. The number of pyridine rings is 1. The molecule has 2 heterocycles. The van der Waals surface area contributed by atoms with Crippen LogP contribution in [0.3, 0.4) is 0 Å². The highest BCUT2D eigenvalue weighted by atomic mass is 16.5. The molecule has 0 spiro atoms. The van der Waals surface area contributed by atoms with Crippen LogP contribution in [-0.4, -0.2) is 67.1 Å². The molecule has 0 aliphatic carbocycles. The molecular formula is C20H25N3O2. The quantitative estimate of drug-likeness (QED) is 0.839. The van der Waals surface area contributed by atoms with Gasteiger partial charge in [0, 0.05) is 63.4 Å². The summed E-state index contributed by atoms with van der Waals surface area (Å²) < 4.78 is 5.12. The zero-order chi connectivity index (χ0) is 17.6. The number of aryl methyl sites for hydroxylation is 1. The molecule has 0 bridgehead atoms. The topological polar surface area (TPSA) is 45.7 Å². The first-order chi connectivity index (χ1) is 12.2. The summed E-state index contributed by atoms with van der Waals surface area (Å²) >= 11 is 0. The number of hydrogen-bond acceptors (Lipinski definition) is 4. The molecule has 1 aliphatic heterocycles. The Morgan fingerprint density at radius 1 is 1.08 bits per heavy atom. The van der Waals surface area contributed by atoms with Crippen LogP contribution < -0.4 is 0 Å². The lowest BCUT2D eigenvalue weighted by Gasteiger charge is -2.34. The third-order valence-corrected chi connectivity index (χ3v) is 4.61. The molecule has 0 N–H and O–H groups in total. The van der Waals surface area contributed by atoms with E-state index in [4.69, 9.17) is 4.74 Å². The lowest BCUT2D eigenvalue weighted by Crippen LogP contribution is -2.49. The molecular weight excluding hydrogens is 314 g/mol. The van der Waals surface area contributed by atoms with E-state index in [1.165, 1.54) is 0 Å². The van der Waals surface area contributed by atoms with Crippen molar-refractivity contribution >= 4 is 5.91 Å². The van der Waals surface area contributed by atoms with Crippen molar-refractivity contribution in [3.63, 3.8) is 0 Å². The van der Waals surface area contributed by atoms with E-state index < -0.39 is 0 Å². The molecule has 1 aromatic heterocycles. The number of rotatable bonds is 5. The van der Waals surface area contributed by atoms with E-state index in [-0.39, 0.29) is 5.91 Å². The minimum atomic E-state index is 0.111. The van der Waals surface area contributed by atoms with Gasteiger partial charge in [-0.05, 0) is 36.2 Å². The second-order valence-corrected chi connectivity index (χ2v) is 6.45. The number of amides is 1. The molecule has 0 saturated carbocycles. The lowest BCUT2D eigenvalue weighted by atomic mass is 10.0. The highest BCUT2D eigenvalue weighted by Crippen LogP contribution is 2.20. The van der Waals surface area contributed by atoms with Gasteiger partial charge in [0.2, 0.25) is 0 Å². The SMILES string of the molecule is COCCN1CCN(C(=O)c2ccc(-c3cncc(C)c3)cc2)CC1. The van der Waals surface area contributed by atoms with Crippen LogP contribution in [0, 0.1) is 6.92 Å². The van der Waals surface area contributed by atoms with Crippen molar-refractivity contribution in [2.45, 2.75) is 6.92 Å². The average Bonchev–Trinajstić information content (AvgIpc) is 2.66. The van der Waals surface area contributed by atoms with Gasteiger partial charge in [-0.25, -0.2) is 0 Å². The van der Waals surface area contributed by atoms with Crippen LogP contribution in [0.1, 0.15) is 15.9 Å².